The number of hydrogen-bond acceptors (Lipinski definition) is 5. The van der Waals surface area contributed by atoms with Crippen LogP contribution in [0.2, 0.25) is 0 Å². The highest BCUT2D eigenvalue weighted by atomic mass is 32.2. The van der Waals surface area contributed by atoms with Gasteiger partial charge >= 0.3 is 0 Å². The van der Waals surface area contributed by atoms with Crippen molar-refractivity contribution >= 4 is 21.4 Å². The van der Waals surface area contributed by atoms with Crippen LogP contribution >= 0.6 is 0 Å². The lowest BCUT2D eigenvalue weighted by Crippen LogP contribution is -2.27. The Labute approximate surface area is 107 Å². The van der Waals surface area contributed by atoms with E-state index in [1.165, 1.54) is 18.2 Å². The van der Waals surface area contributed by atoms with Crippen LogP contribution in [0.4, 0.5) is 11.4 Å². The third kappa shape index (κ3) is 3.86. The highest BCUT2D eigenvalue weighted by Gasteiger charge is 2.17. The normalized spacial score (nSPS) is 12.4. The summed E-state index contributed by atoms with van der Waals surface area (Å²) < 4.78 is 22.4. The van der Waals surface area contributed by atoms with E-state index in [0.717, 1.165) is 0 Å². The summed E-state index contributed by atoms with van der Waals surface area (Å²) in [7, 11) is -3.75. The Kier molecular flexibility index (Phi) is 4.20. The average molecular weight is 273 g/mol. The first-order chi connectivity index (χ1) is 8.15. The molecule has 0 radical (unpaired) electrons. The number of aliphatic hydroxyl groups is 1. The van der Waals surface area contributed by atoms with E-state index in [0.29, 0.717) is 17.9 Å². The van der Waals surface area contributed by atoms with Gasteiger partial charge in [0.15, 0.2) is 0 Å². The maximum absolute atomic E-state index is 11.2. The molecule has 1 aromatic rings. The topological polar surface area (TPSA) is 118 Å². The number of nitrogen functional groups attached to an aromatic ring is 1. The smallest absolute Gasteiger partial charge is 0.238 e. The molecule has 0 aromatic heterocycles. The molecule has 0 saturated heterocycles. The predicted octanol–water partition coefficient (Wildman–Crippen LogP) is 0.347. The lowest BCUT2D eigenvalue weighted by Gasteiger charge is -2.23. The molecule has 0 aliphatic heterocycles. The highest BCUT2D eigenvalue weighted by molar-refractivity contribution is 7.89. The minimum atomic E-state index is -3.75. The van der Waals surface area contributed by atoms with E-state index in [1.54, 1.807) is 0 Å². The Morgan fingerprint density at radius 2 is 2.00 bits per heavy atom. The van der Waals surface area contributed by atoms with Crippen LogP contribution in [0.1, 0.15) is 13.8 Å². The van der Waals surface area contributed by atoms with Crippen LogP contribution in [0.25, 0.3) is 0 Å². The summed E-state index contributed by atoms with van der Waals surface area (Å²) >= 11 is 0. The van der Waals surface area contributed by atoms with Crippen molar-refractivity contribution in [1.29, 1.82) is 0 Å². The molecule has 0 amide bonds. The second-order valence-corrected chi connectivity index (χ2v) is 6.53. The van der Waals surface area contributed by atoms with Crippen LogP contribution in [0.5, 0.6) is 0 Å². The van der Waals surface area contributed by atoms with Crippen molar-refractivity contribution in [2.75, 3.05) is 24.2 Å². The SMILES string of the molecule is CC(C)(CO)CNc1cc(S(N)(=O)=O)ccc1N. The predicted molar refractivity (Wildman–Crippen MR) is 71.6 cm³/mol. The van der Waals surface area contributed by atoms with Crippen molar-refractivity contribution in [1.82, 2.24) is 0 Å². The van der Waals surface area contributed by atoms with E-state index < -0.39 is 10.0 Å². The molecule has 0 fully saturated rings. The van der Waals surface area contributed by atoms with Crippen LogP contribution < -0.4 is 16.2 Å². The molecule has 0 aliphatic carbocycles. The van der Waals surface area contributed by atoms with Gasteiger partial charge in [-0.05, 0) is 18.2 Å². The number of hydrogen-bond donors (Lipinski definition) is 4. The maximum atomic E-state index is 11.2. The molecule has 7 heteroatoms. The molecular formula is C11H19N3O3S. The second kappa shape index (κ2) is 5.13. The molecular weight excluding hydrogens is 254 g/mol. The Hall–Kier alpha value is -1.31. The van der Waals surface area contributed by atoms with Gasteiger partial charge in [-0.25, -0.2) is 13.6 Å². The zero-order valence-corrected chi connectivity index (χ0v) is 11.3. The molecule has 0 spiro atoms. The summed E-state index contributed by atoms with van der Waals surface area (Å²) in [6, 6.07) is 4.22. The summed E-state index contributed by atoms with van der Waals surface area (Å²) in [5, 5.41) is 17.2. The minimum Gasteiger partial charge on any atom is -0.397 e. The number of nitrogens with one attached hydrogen (secondary N) is 1. The van der Waals surface area contributed by atoms with Gasteiger partial charge in [0.2, 0.25) is 10.0 Å². The van der Waals surface area contributed by atoms with Crippen molar-refractivity contribution in [3.8, 4) is 0 Å². The molecule has 0 saturated carbocycles. The molecule has 0 heterocycles. The standard InChI is InChI=1S/C11H19N3O3S/c1-11(2,7-15)6-14-10-5-8(18(13,16)17)3-4-9(10)12/h3-5,14-15H,6-7,12H2,1-2H3,(H2,13,16,17). The third-order valence-corrected chi connectivity index (χ3v) is 3.45. The lowest BCUT2D eigenvalue weighted by atomic mass is 9.95. The largest absolute Gasteiger partial charge is 0.397 e. The first-order valence-electron chi connectivity index (χ1n) is 5.43. The number of aliphatic hydroxyl groups excluding tert-OH is 1. The zero-order valence-electron chi connectivity index (χ0n) is 10.5. The summed E-state index contributed by atoms with van der Waals surface area (Å²) in [5.74, 6) is 0. The van der Waals surface area contributed by atoms with Gasteiger partial charge in [-0.3, -0.25) is 0 Å². The van der Waals surface area contributed by atoms with Gasteiger partial charge in [-0.15, -0.1) is 0 Å². The fourth-order valence-electron chi connectivity index (χ4n) is 1.26. The van der Waals surface area contributed by atoms with Crippen molar-refractivity contribution < 1.29 is 13.5 Å². The van der Waals surface area contributed by atoms with Crippen LogP contribution in [0.15, 0.2) is 23.1 Å². The Bertz CT molecular complexity index is 526. The molecule has 0 aliphatic rings. The number of rotatable bonds is 5. The van der Waals surface area contributed by atoms with Crippen molar-refractivity contribution in [2.45, 2.75) is 18.7 Å². The van der Waals surface area contributed by atoms with E-state index in [1.807, 2.05) is 13.8 Å². The fraction of sp³-hybridized carbons (Fsp3) is 0.455. The molecule has 6 nitrogen and oxygen atoms in total. The first-order valence-corrected chi connectivity index (χ1v) is 6.97. The van der Waals surface area contributed by atoms with Gasteiger partial charge in [-0.2, -0.15) is 0 Å². The van der Waals surface area contributed by atoms with Crippen molar-refractivity contribution in [3.05, 3.63) is 18.2 Å². The van der Waals surface area contributed by atoms with Crippen LogP contribution in [0, 0.1) is 5.41 Å². The maximum Gasteiger partial charge on any atom is 0.238 e. The fourth-order valence-corrected chi connectivity index (χ4v) is 1.80. The van der Waals surface area contributed by atoms with Gasteiger partial charge in [0.05, 0.1) is 16.3 Å². The van der Waals surface area contributed by atoms with Crippen LogP contribution in [0.3, 0.4) is 0 Å². The van der Waals surface area contributed by atoms with Crippen LogP contribution in [-0.2, 0) is 10.0 Å². The Morgan fingerprint density at radius 1 is 1.39 bits per heavy atom. The number of sulfonamides is 1. The first kappa shape index (κ1) is 14.7. The number of anilines is 2. The van der Waals surface area contributed by atoms with Gasteiger partial charge in [0.25, 0.3) is 0 Å². The monoisotopic (exact) mass is 273 g/mol. The van der Waals surface area contributed by atoms with E-state index >= 15 is 0 Å². The third-order valence-electron chi connectivity index (χ3n) is 2.54. The number of primary sulfonamides is 1. The molecule has 0 atom stereocenters. The molecule has 102 valence electrons. The molecule has 1 rings (SSSR count). The van der Waals surface area contributed by atoms with E-state index in [-0.39, 0.29) is 16.9 Å². The molecule has 6 N–H and O–H groups in total. The molecule has 0 bridgehead atoms. The summed E-state index contributed by atoms with van der Waals surface area (Å²) in [6.45, 7) is 4.22. The summed E-state index contributed by atoms with van der Waals surface area (Å²) in [4.78, 5) is 0.000930. The van der Waals surface area contributed by atoms with Crippen molar-refractivity contribution in [2.24, 2.45) is 10.6 Å². The summed E-state index contributed by atoms with van der Waals surface area (Å²) in [6.07, 6.45) is 0. The van der Waals surface area contributed by atoms with E-state index in [2.05, 4.69) is 5.32 Å². The van der Waals surface area contributed by atoms with E-state index in [9.17, 15) is 8.42 Å². The Morgan fingerprint density at radius 3 is 2.50 bits per heavy atom. The van der Waals surface area contributed by atoms with Gasteiger partial charge < -0.3 is 16.2 Å². The second-order valence-electron chi connectivity index (χ2n) is 4.97. The average Bonchev–Trinajstić information content (AvgIpc) is 2.26. The van der Waals surface area contributed by atoms with Gasteiger partial charge in [0.1, 0.15) is 0 Å². The zero-order chi connectivity index (χ0) is 14.0. The Balaban J connectivity index is 2.96. The highest BCUT2D eigenvalue weighted by Crippen LogP contribution is 2.24. The quantitative estimate of drug-likeness (QED) is 0.577. The van der Waals surface area contributed by atoms with Crippen molar-refractivity contribution in [3.63, 3.8) is 0 Å². The molecule has 0 unspecified atom stereocenters. The minimum absolute atomic E-state index is 0.000930. The van der Waals surface area contributed by atoms with Gasteiger partial charge in [0, 0.05) is 18.6 Å². The number of nitrogens with two attached hydrogens (primary N) is 2. The van der Waals surface area contributed by atoms with Crippen LogP contribution in [-0.4, -0.2) is 26.7 Å². The lowest BCUT2D eigenvalue weighted by molar-refractivity contribution is 0.171. The molecule has 18 heavy (non-hydrogen) atoms. The van der Waals surface area contributed by atoms with Gasteiger partial charge in [-0.1, -0.05) is 13.8 Å². The molecule has 1 aromatic carbocycles. The number of benzene rings is 1. The summed E-state index contributed by atoms with van der Waals surface area (Å²) in [5.41, 5.74) is 6.33. The van der Waals surface area contributed by atoms with E-state index in [4.69, 9.17) is 16.0 Å².